The lowest BCUT2D eigenvalue weighted by Gasteiger charge is -2.38. The highest BCUT2D eigenvalue weighted by atomic mass is 35.5. The molecule has 0 saturated carbocycles. The molecule has 66 heavy (non-hydrogen) atoms. The molecule has 3 aromatic carbocycles. The summed E-state index contributed by atoms with van der Waals surface area (Å²) in [5.41, 5.74) is 1.50. The van der Waals surface area contributed by atoms with Gasteiger partial charge >= 0.3 is 13.3 Å². The Morgan fingerprint density at radius 3 is 2.53 bits per heavy atom. The molecule has 0 spiro atoms. The molecular weight excluding hydrogens is 910 g/mol. The standard InChI is InChI=1S/C44H48ClF3N7O10P/c1-54-16-15-28-8-12-35(55(28)43(61)34(21-54)52-41(59)33-20-25-19-26(6-11-32(25)51-33)44(47,48)66(62,63)64)42(60)50-27(7-13-37(49)56)22-65-36-4-2-3-24(39(36)45)17-23-5-9-29(31(46)18-23)30-10-14-38(57)53-40(30)58/h2-6,9,11,18-20,27-28,30,34-35,51H,7-8,10,12-17,21-22H2,1H3,(H2,49,56)(H,50,60)(H,52,59)(H,53,57,58)(H2,62,63,64)/t27-,28+,30?,34-,35-/m0/s1. The molecule has 1 aromatic heterocycles. The van der Waals surface area contributed by atoms with E-state index in [9.17, 15) is 51.9 Å². The van der Waals surface area contributed by atoms with E-state index in [0.717, 1.165) is 18.2 Å². The molecule has 7 rings (SSSR count). The number of nitrogens with one attached hydrogen (secondary N) is 4. The summed E-state index contributed by atoms with van der Waals surface area (Å²) in [5, 5.41) is 8.15. The molecule has 3 aliphatic rings. The maximum Gasteiger partial charge on any atom is 0.399 e. The Bertz CT molecular complexity index is 2630. The van der Waals surface area contributed by atoms with Crippen molar-refractivity contribution in [2.24, 2.45) is 5.73 Å². The van der Waals surface area contributed by atoms with Crippen molar-refractivity contribution in [1.29, 1.82) is 0 Å². The molecule has 3 fully saturated rings. The van der Waals surface area contributed by atoms with Gasteiger partial charge in [-0.2, -0.15) is 8.78 Å². The van der Waals surface area contributed by atoms with Gasteiger partial charge in [0, 0.05) is 47.5 Å². The summed E-state index contributed by atoms with van der Waals surface area (Å²) in [6.45, 7) is 0.433. The van der Waals surface area contributed by atoms with Crippen molar-refractivity contribution >= 4 is 65.5 Å². The molecule has 3 saturated heterocycles. The number of aromatic amines is 1. The molecule has 1 unspecified atom stereocenters. The molecule has 17 nitrogen and oxygen atoms in total. The number of piperidine rings is 1. The minimum absolute atomic E-state index is 0.0680. The van der Waals surface area contributed by atoms with E-state index in [4.69, 9.17) is 22.1 Å². The fraction of sp³-hybridized carbons (Fsp3) is 0.409. The zero-order valence-electron chi connectivity index (χ0n) is 35.5. The predicted molar refractivity (Wildman–Crippen MR) is 233 cm³/mol. The van der Waals surface area contributed by atoms with E-state index in [-0.39, 0.29) is 84.2 Å². The number of fused-ring (bicyclic) bond motifs is 2. The Labute approximate surface area is 381 Å². The van der Waals surface area contributed by atoms with Crippen LogP contribution < -0.4 is 26.4 Å². The Balaban J connectivity index is 1.02. The van der Waals surface area contributed by atoms with Crippen LogP contribution in [0.4, 0.5) is 13.2 Å². The fourth-order valence-corrected chi connectivity index (χ4v) is 9.44. The normalized spacial score (nSPS) is 21.1. The zero-order valence-corrected chi connectivity index (χ0v) is 37.2. The van der Waals surface area contributed by atoms with Crippen molar-refractivity contribution in [3.63, 3.8) is 0 Å². The average Bonchev–Trinajstić information content (AvgIpc) is 3.88. The summed E-state index contributed by atoms with van der Waals surface area (Å²) in [5.74, 6) is -4.54. The number of likely N-dealkylation sites (N-methyl/N-ethyl adjacent to an activating group) is 1. The van der Waals surface area contributed by atoms with Crippen molar-refractivity contribution < 1.29 is 61.0 Å². The Hall–Kier alpha value is -5.79. The Morgan fingerprint density at radius 1 is 1.05 bits per heavy atom. The van der Waals surface area contributed by atoms with Gasteiger partial charge in [-0.05, 0) is 93.6 Å². The number of carbonyl (C=O) groups excluding carboxylic acids is 6. The van der Waals surface area contributed by atoms with Crippen LogP contribution in [0.5, 0.6) is 5.75 Å². The van der Waals surface area contributed by atoms with Gasteiger partial charge < -0.3 is 45.7 Å². The maximum absolute atomic E-state index is 15.3. The SMILES string of the molecule is CN1CC[C@H]2CC[C@@H](C(=O)N[C@@H](CCC(N)=O)COc3cccc(Cc4ccc(C5CCC(=O)NC5=O)c(F)c4)c3Cl)N2C(=O)[C@@H](NC(=O)c2cc3cc(C(F)(F)P(=O)(O)O)ccc3[nH]2)C1. The number of primary amides is 1. The van der Waals surface area contributed by atoms with Gasteiger partial charge in [-0.1, -0.05) is 41.9 Å². The summed E-state index contributed by atoms with van der Waals surface area (Å²) in [6.07, 6.45) is 1.78. The van der Waals surface area contributed by atoms with E-state index >= 15 is 4.39 Å². The van der Waals surface area contributed by atoms with Gasteiger partial charge in [-0.3, -0.25) is 38.6 Å². The van der Waals surface area contributed by atoms with E-state index in [1.807, 2.05) is 4.90 Å². The van der Waals surface area contributed by atoms with Crippen LogP contribution in [0.1, 0.15) is 83.6 Å². The number of benzene rings is 3. The summed E-state index contributed by atoms with van der Waals surface area (Å²) in [6, 6.07) is 10.4. The number of ether oxygens (including phenoxy) is 1. The number of H-pyrrole nitrogens is 1. The monoisotopic (exact) mass is 957 g/mol. The van der Waals surface area contributed by atoms with Crippen molar-refractivity contribution in [3.8, 4) is 5.75 Å². The number of hydrogen-bond donors (Lipinski definition) is 7. The molecule has 22 heteroatoms. The second-order valence-electron chi connectivity index (χ2n) is 16.9. The Kier molecular flexibility index (Phi) is 14.3. The van der Waals surface area contributed by atoms with Crippen LogP contribution >= 0.6 is 19.2 Å². The van der Waals surface area contributed by atoms with Crippen molar-refractivity contribution in [2.75, 3.05) is 26.7 Å². The summed E-state index contributed by atoms with van der Waals surface area (Å²) in [4.78, 5) is 102. The molecule has 0 bridgehead atoms. The number of hydrogen-bond acceptors (Lipinski definition) is 9. The molecule has 3 aliphatic heterocycles. The first-order valence-electron chi connectivity index (χ1n) is 21.2. The average molecular weight is 958 g/mol. The number of aromatic nitrogens is 1. The van der Waals surface area contributed by atoms with Gasteiger partial charge in [0.1, 0.15) is 36.0 Å². The number of nitrogens with zero attached hydrogens (tertiary/aromatic N) is 2. The minimum atomic E-state index is -5.85. The summed E-state index contributed by atoms with van der Waals surface area (Å²) < 4.78 is 61.7. The first-order valence-corrected chi connectivity index (χ1v) is 23.2. The van der Waals surface area contributed by atoms with Crippen LogP contribution in [-0.2, 0) is 40.6 Å². The number of halogens is 4. The molecule has 4 aromatic rings. The van der Waals surface area contributed by atoms with Crippen molar-refractivity contribution in [3.05, 3.63) is 99.5 Å². The molecule has 352 valence electrons. The largest absolute Gasteiger partial charge is 0.490 e. The minimum Gasteiger partial charge on any atom is -0.490 e. The van der Waals surface area contributed by atoms with Gasteiger partial charge in [-0.25, -0.2) is 4.39 Å². The van der Waals surface area contributed by atoms with Crippen LogP contribution in [0.15, 0.2) is 60.7 Å². The zero-order chi connectivity index (χ0) is 47.7. The molecule has 6 amide bonds. The number of rotatable bonds is 15. The lowest BCUT2D eigenvalue weighted by molar-refractivity contribution is -0.143. The molecular formula is C44H48ClF3N7O10P. The third-order valence-electron chi connectivity index (χ3n) is 12.2. The highest BCUT2D eigenvalue weighted by Crippen LogP contribution is 2.59. The smallest absolute Gasteiger partial charge is 0.399 e. The van der Waals surface area contributed by atoms with Gasteiger partial charge in [0.15, 0.2) is 0 Å². The summed E-state index contributed by atoms with van der Waals surface area (Å²) in [7, 11) is -4.07. The van der Waals surface area contributed by atoms with E-state index in [0.29, 0.717) is 36.9 Å². The second kappa shape index (κ2) is 19.6. The van der Waals surface area contributed by atoms with Crippen LogP contribution in [-0.4, -0.2) is 111 Å². The maximum atomic E-state index is 15.3. The fourth-order valence-electron chi connectivity index (χ4n) is 8.72. The first kappa shape index (κ1) is 48.2. The molecule has 0 aliphatic carbocycles. The highest BCUT2D eigenvalue weighted by Gasteiger charge is 2.50. The van der Waals surface area contributed by atoms with Gasteiger partial charge in [0.25, 0.3) is 5.91 Å². The molecule has 5 atom stereocenters. The van der Waals surface area contributed by atoms with E-state index < -0.39 is 84.1 Å². The van der Waals surface area contributed by atoms with E-state index in [1.165, 1.54) is 23.1 Å². The predicted octanol–water partition coefficient (Wildman–Crippen LogP) is 3.92. The van der Waals surface area contributed by atoms with Crippen molar-refractivity contribution in [2.45, 2.75) is 87.1 Å². The van der Waals surface area contributed by atoms with Crippen LogP contribution in [0.3, 0.4) is 0 Å². The van der Waals surface area contributed by atoms with Crippen LogP contribution in [0.2, 0.25) is 5.02 Å². The van der Waals surface area contributed by atoms with Crippen molar-refractivity contribution in [1.82, 2.24) is 30.7 Å². The first-order chi connectivity index (χ1) is 31.2. The van der Waals surface area contributed by atoms with E-state index in [1.54, 1.807) is 31.3 Å². The lowest BCUT2D eigenvalue weighted by Crippen LogP contribution is -2.60. The molecule has 8 N–H and O–H groups in total. The molecule has 0 radical (unpaired) electrons. The third kappa shape index (κ3) is 10.6. The highest BCUT2D eigenvalue weighted by molar-refractivity contribution is 7.52. The third-order valence-corrected chi connectivity index (χ3v) is 13.6. The number of amides is 6. The number of imide groups is 1. The van der Waals surface area contributed by atoms with Gasteiger partial charge in [0.2, 0.25) is 29.5 Å². The Morgan fingerprint density at radius 2 is 1.82 bits per heavy atom. The number of carbonyl (C=O) groups is 6. The second-order valence-corrected chi connectivity index (χ2v) is 19.0. The molecule has 4 heterocycles. The van der Waals surface area contributed by atoms with E-state index in [2.05, 4.69) is 20.9 Å². The topological polar surface area (TPSA) is 254 Å². The van der Waals surface area contributed by atoms with Crippen LogP contribution in [0.25, 0.3) is 10.9 Å². The number of nitrogens with two attached hydrogens (primary N) is 1. The number of alkyl halides is 2. The van der Waals surface area contributed by atoms with Gasteiger partial charge in [-0.15, -0.1) is 0 Å². The summed E-state index contributed by atoms with van der Waals surface area (Å²) >= 11 is 6.78. The van der Waals surface area contributed by atoms with Crippen LogP contribution in [0, 0.1) is 5.82 Å². The lowest BCUT2D eigenvalue weighted by atomic mass is 9.89. The van der Waals surface area contributed by atoms with Gasteiger partial charge in [0.05, 0.1) is 17.0 Å². The quantitative estimate of drug-likeness (QED) is 0.0664.